The molecule has 1 amide bonds. The van der Waals surface area contributed by atoms with Gasteiger partial charge in [0.15, 0.2) is 0 Å². The highest BCUT2D eigenvalue weighted by atomic mass is 16.4. The molecule has 0 bridgehead atoms. The Balaban J connectivity index is 2.11. The standard InChI is InChI=1S/C13H17N3O3/c1-8-5-9(13(18)19)6-11(14-8)15-10-3-4-12(17)16(2)7-10/h5-6,10H,3-4,7H2,1-2H3,(H,14,15)(H,18,19). The van der Waals surface area contributed by atoms with Crippen LogP contribution in [0, 0.1) is 6.92 Å². The van der Waals surface area contributed by atoms with Crippen molar-refractivity contribution in [3.8, 4) is 0 Å². The Morgan fingerprint density at radius 2 is 2.26 bits per heavy atom. The number of hydrogen-bond donors (Lipinski definition) is 2. The number of aromatic carboxylic acids is 1. The Morgan fingerprint density at radius 3 is 2.89 bits per heavy atom. The zero-order valence-electron chi connectivity index (χ0n) is 11.0. The lowest BCUT2D eigenvalue weighted by Gasteiger charge is -2.30. The van der Waals surface area contributed by atoms with Crippen molar-refractivity contribution in [2.24, 2.45) is 0 Å². The Kier molecular flexibility index (Phi) is 3.69. The lowest BCUT2D eigenvalue weighted by atomic mass is 10.1. The monoisotopic (exact) mass is 263 g/mol. The maximum Gasteiger partial charge on any atom is 0.335 e. The summed E-state index contributed by atoms with van der Waals surface area (Å²) < 4.78 is 0. The Bertz CT molecular complexity index is 516. The van der Waals surface area contributed by atoms with Crippen molar-refractivity contribution in [1.29, 1.82) is 0 Å². The van der Waals surface area contributed by atoms with Gasteiger partial charge < -0.3 is 15.3 Å². The minimum Gasteiger partial charge on any atom is -0.478 e. The third kappa shape index (κ3) is 3.21. The highest BCUT2D eigenvalue weighted by Gasteiger charge is 2.23. The molecule has 0 aliphatic carbocycles. The number of likely N-dealkylation sites (tertiary alicyclic amines) is 1. The molecule has 1 atom stereocenters. The molecule has 6 nitrogen and oxygen atoms in total. The normalized spacial score (nSPS) is 19.4. The minimum atomic E-state index is -0.968. The van der Waals surface area contributed by atoms with E-state index in [0.717, 1.165) is 6.42 Å². The maximum absolute atomic E-state index is 11.4. The Hall–Kier alpha value is -2.11. The van der Waals surface area contributed by atoms with E-state index in [2.05, 4.69) is 10.3 Å². The zero-order valence-corrected chi connectivity index (χ0v) is 11.0. The number of carboxylic acid groups (broad SMARTS) is 1. The van der Waals surface area contributed by atoms with Crippen LogP contribution in [0.5, 0.6) is 0 Å². The second-order valence-corrected chi connectivity index (χ2v) is 4.84. The highest BCUT2D eigenvalue weighted by molar-refractivity contribution is 5.88. The van der Waals surface area contributed by atoms with E-state index >= 15 is 0 Å². The summed E-state index contributed by atoms with van der Waals surface area (Å²) in [4.78, 5) is 28.3. The number of likely N-dealkylation sites (N-methyl/N-ethyl adjacent to an activating group) is 1. The topological polar surface area (TPSA) is 82.5 Å². The number of nitrogens with one attached hydrogen (secondary N) is 1. The van der Waals surface area contributed by atoms with Crippen molar-refractivity contribution in [2.45, 2.75) is 25.8 Å². The van der Waals surface area contributed by atoms with Crippen molar-refractivity contribution in [3.63, 3.8) is 0 Å². The second-order valence-electron chi connectivity index (χ2n) is 4.84. The number of anilines is 1. The van der Waals surface area contributed by atoms with Crippen LogP contribution >= 0.6 is 0 Å². The first kappa shape index (κ1) is 13.3. The summed E-state index contributed by atoms with van der Waals surface area (Å²) in [6.45, 7) is 2.37. The zero-order chi connectivity index (χ0) is 14.0. The number of carbonyl (C=O) groups excluding carboxylic acids is 1. The van der Waals surface area contributed by atoms with Crippen molar-refractivity contribution in [2.75, 3.05) is 18.9 Å². The van der Waals surface area contributed by atoms with Gasteiger partial charge in [0.1, 0.15) is 5.82 Å². The average molecular weight is 263 g/mol. The third-order valence-corrected chi connectivity index (χ3v) is 3.18. The number of amides is 1. The molecule has 0 aromatic carbocycles. The van der Waals surface area contributed by atoms with E-state index in [4.69, 9.17) is 5.11 Å². The quantitative estimate of drug-likeness (QED) is 0.854. The lowest BCUT2D eigenvalue weighted by Crippen LogP contribution is -2.43. The molecule has 1 fully saturated rings. The first-order chi connectivity index (χ1) is 8.95. The van der Waals surface area contributed by atoms with Gasteiger partial charge in [0.2, 0.25) is 5.91 Å². The van der Waals surface area contributed by atoms with Crippen LogP contribution in [0.4, 0.5) is 5.82 Å². The Morgan fingerprint density at radius 1 is 1.53 bits per heavy atom. The summed E-state index contributed by atoms with van der Waals surface area (Å²) in [5.74, 6) is -0.281. The minimum absolute atomic E-state index is 0.110. The van der Waals surface area contributed by atoms with E-state index in [-0.39, 0.29) is 17.5 Å². The van der Waals surface area contributed by atoms with Crippen LogP contribution in [-0.2, 0) is 4.79 Å². The molecular formula is C13H17N3O3. The van der Waals surface area contributed by atoms with Crippen LogP contribution in [0.15, 0.2) is 12.1 Å². The molecule has 1 aliphatic rings. The van der Waals surface area contributed by atoms with Crippen LogP contribution in [0.2, 0.25) is 0 Å². The fraction of sp³-hybridized carbons (Fsp3) is 0.462. The Labute approximate surface area is 111 Å². The summed E-state index contributed by atoms with van der Waals surface area (Å²) in [5.41, 5.74) is 0.873. The second kappa shape index (κ2) is 5.26. The molecule has 6 heteroatoms. The molecule has 102 valence electrons. The molecule has 19 heavy (non-hydrogen) atoms. The first-order valence-electron chi connectivity index (χ1n) is 6.18. The summed E-state index contributed by atoms with van der Waals surface area (Å²) in [6, 6.07) is 3.16. The van der Waals surface area contributed by atoms with Gasteiger partial charge in [-0.05, 0) is 25.5 Å². The molecule has 1 saturated heterocycles. The van der Waals surface area contributed by atoms with Gasteiger partial charge in [-0.3, -0.25) is 4.79 Å². The smallest absolute Gasteiger partial charge is 0.335 e. The molecule has 2 heterocycles. The molecule has 2 N–H and O–H groups in total. The van der Waals surface area contributed by atoms with Gasteiger partial charge in [-0.1, -0.05) is 0 Å². The fourth-order valence-electron chi connectivity index (χ4n) is 2.21. The number of aromatic nitrogens is 1. The van der Waals surface area contributed by atoms with Gasteiger partial charge in [-0.25, -0.2) is 9.78 Å². The van der Waals surface area contributed by atoms with Crippen LogP contribution in [-0.4, -0.2) is 46.5 Å². The summed E-state index contributed by atoms with van der Waals surface area (Å²) >= 11 is 0. The molecule has 0 saturated carbocycles. The van der Waals surface area contributed by atoms with Crippen LogP contribution < -0.4 is 5.32 Å². The van der Waals surface area contributed by atoms with Gasteiger partial charge in [0.05, 0.1) is 5.56 Å². The summed E-state index contributed by atoms with van der Waals surface area (Å²) in [5, 5.41) is 12.2. The van der Waals surface area contributed by atoms with Crippen molar-refractivity contribution in [3.05, 3.63) is 23.4 Å². The van der Waals surface area contributed by atoms with Gasteiger partial charge >= 0.3 is 5.97 Å². The molecular weight excluding hydrogens is 246 g/mol. The van der Waals surface area contributed by atoms with E-state index in [0.29, 0.717) is 24.5 Å². The number of carboxylic acids is 1. The van der Waals surface area contributed by atoms with E-state index in [1.165, 1.54) is 12.1 Å². The molecule has 1 unspecified atom stereocenters. The number of carbonyl (C=O) groups is 2. The molecule has 0 spiro atoms. The lowest BCUT2D eigenvalue weighted by molar-refractivity contribution is -0.132. The van der Waals surface area contributed by atoms with E-state index < -0.39 is 5.97 Å². The molecule has 1 aliphatic heterocycles. The van der Waals surface area contributed by atoms with Gasteiger partial charge in [-0.2, -0.15) is 0 Å². The van der Waals surface area contributed by atoms with Gasteiger partial charge in [-0.15, -0.1) is 0 Å². The van der Waals surface area contributed by atoms with Crippen molar-refractivity contribution >= 4 is 17.7 Å². The number of nitrogens with zero attached hydrogens (tertiary/aromatic N) is 2. The molecule has 0 radical (unpaired) electrons. The number of hydrogen-bond acceptors (Lipinski definition) is 4. The van der Waals surface area contributed by atoms with Crippen LogP contribution in [0.3, 0.4) is 0 Å². The van der Waals surface area contributed by atoms with E-state index in [9.17, 15) is 9.59 Å². The number of piperidine rings is 1. The maximum atomic E-state index is 11.4. The van der Waals surface area contributed by atoms with Crippen LogP contribution in [0.25, 0.3) is 0 Å². The van der Waals surface area contributed by atoms with Gasteiger partial charge in [0.25, 0.3) is 0 Å². The number of aryl methyl sites for hydroxylation is 1. The molecule has 1 aromatic rings. The fourth-order valence-corrected chi connectivity index (χ4v) is 2.21. The van der Waals surface area contributed by atoms with Crippen molar-refractivity contribution in [1.82, 2.24) is 9.88 Å². The third-order valence-electron chi connectivity index (χ3n) is 3.18. The average Bonchev–Trinajstić information content (AvgIpc) is 2.33. The van der Waals surface area contributed by atoms with E-state index in [1.54, 1.807) is 18.9 Å². The molecule has 2 rings (SSSR count). The summed E-state index contributed by atoms with van der Waals surface area (Å²) in [7, 11) is 1.77. The molecule has 1 aromatic heterocycles. The number of pyridine rings is 1. The first-order valence-corrected chi connectivity index (χ1v) is 6.18. The summed E-state index contributed by atoms with van der Waals surface area (Å²) in [6.07, 6.45) is 1.24. The van der Waals surface area contributed by atoms with E-state index in [1.807, 2.05) is 0 Å². The number of rotatable bonds is 3. The van der Waals surface area contributed by atoms with Crippen LogP contribution in [0.1, 0.15) is 28.9 Å². The SMILES string of the molecule is Cc1cc(C(=O)O)cc(NC2CCC(=O)N(C)C2)n1. The predicted octanol–water partition coefficient (Wildman–Crippen LogP) is 1.12. The predicted molar refractivity (Wildman–Crippen MR) is 70.2 cm³/mol. The highest BCUT2D eigenvalue weighted by Crippen LogP contribution is 2.16. The van der Waals surface area contributed by atoms with Gasteiger partial charge in [0, 0.05) is 31.7 Å². The largest absolute Gasteiger partial charge is 0.478 e. The van der Waals surface area contributed by atoms with Crippen molar-refractivity contribution < 1.29 is 14.7 Å².